The quantitative estimate of drug-likeness (QED) is 0.606. The van der Waals surface area contributed by atoms with Crippen molar-refractivity contribution >= 4 is 28.7 Å². The smallest absolute Gasteiger partial charge is 0.312 e. The molecule has 0 aliphatic rings. The number of para-hydroxylation sites is 1. The fourth-order valence-corrected chi connectivity index (χ4v) is 1.95. The highest BCUT2D eigenvalue weighted by atomic mass is 16.2. The number of rotatable bonds is 5. The SMILES string of the molecule is CNc1cc(C(=O)NCCNC(N)=O)c2ccccc2n1. The average molecular weight is 287 g/mol. The van der Waals surface area contributed by atoms with Crippen LogP contribution in [0.5, 0.6) is 0 Å². The van der Waals surface area contributed by atoms with Gasteiger partial charge in [-0.25, -0.2) is 9.78 Å². The minimum Gasteiger partial charge on any atom is -0.373 e. The Kier molecular flexibility index (Phi) is 4.55. The highest BCUT2D eigenvalue weighted by Crippen LogP contribution is 2.20. The Morgan fingerprint density at radius 2 is 1.90 bits per heavy atom. The molecule has 110 valence electrons. The topological polar surface area (TPSA) is 109 Å². The van der Waals surface area contributed by atoms with Gasteiger partial charge >= 0.3 is 6.03 Å². The van der Waals surface area contributed by atoms with E-state index in [1.807, 2.05) is 24.3 Å². The van der Waals surface area contributed by atoms with Crippen LogP contribution in [0.25, 0.3) is 10.9 Å². The van der Waals surface area contributed by atoms with Crippen LogP contribution in [0.1, 0.15) is 10.4 Å². The van der Waals surface area contributed by atoms with Gasteiger partial charge in [0.2, 0.25) is 0 Å². The number of carbonyl (C=O) groups is 2. The lowest BCUT2D eigenvalue weighted by Gasteiger charge is -2.10. The van der Waals surface area contributed by atoms with Crippen LogP contribution in [0, 0.1) is 0 Å². The molecule has 0 aliphatic heterocycles. The van der Waals surface area contributed by atoms with E-state index in [0.29, 0.717) is 17.9 Å². The second-order valence-electron chi connectivity index (χ2n) is 4.37. The summed E-state index contributed by atoms with van der Waals surface area (Å²) < 4.78 is 0. The van der Waals surface area contributed by atoms with E-state index < -0.39 is 6.03 Å². The number of benzene rings is 1. The zero-order chi connectivity index (χ0) is 15.2. The first-order chi connectivity index (χ1) is 10.1. The summed E-state index contributed by atoms with van der Waals surface area (Å²) in [5, 5.41) is 8.85. The predicted octanol–water partition coefficient (Wildman–Crippen LogP) is 0.675. The minimum atomic E-state index is -0.615. The van der Waals surface area contributed by atoms with E-state index in [1.54, 1.807) is 13.1 Å². The Hall–Kier alpha value is -2.83. The van der Waals surface area contributed by atoms with E-state index >= 15 is 0 Å². The maximum atomic E-state index is 12.3. The predicted molar refractivity (Wildman–Crippen MR) is 81.2 cm³/mol. The van der Waals surface area contributed by atoms with Crippen LogP contribution >= 0.6 is 0 Å². The molecule has 1 heterocycles. The molecule has 7 heteroatoms. The Morgan fingerprint density at radius 1 is 1.19 bits per heavy atom. The van der Waals surface area contributed by atoms with Crippen LogP contribution in [0.4, 0.5) is 10.6 Å². The fourth-order valence-electron chi connectivity index (χ4n) is 1.95. The van der Waals surface area contributed by atoms with Gasteiger partial charge in [-0.1, -0.05) is 18.2 Å². The third-order valence-corrected chi connectivity index (χ3v) is 2.93. The lowest BCUT2D eigenvalue weighted by Crippen LogP contribution is -2.37. The summed E-state index contributed by atoms with van der Waals surface area (Å²) >= 11 is 0. The lowest BCUT2D eigenvalue weighted by molar-refractivity contribution is 0.0955. The second-order valence-corrected chi connectivity index (χ2v) is 4.37. The molecule has 1 aromatic heterocycles. The summed E-state index contributed by atoms with van der Waals surface area (Å²) in [6.07, 6.45) is 0. The van der Waals surface area contributed by atoms with Crippen LogP contribution in [0.15, 0.2) is 30.3 Å². The molecule has 0 aliphatic carbocycles. The Labute approximate surface area is 121 Å². The van der Waals surface area contributed by atoms with Crippen molar-refractivity contribution in [1.82, 2.24) is 15.6 Å². The molecule has 3 amide bonds. The maximum Gasteiger partial charge on any atom is 0.312 e. The van der Waals surface area contributed by atoms with Gasteiger partial charge in [0.25, 0.3) is 5.91 Å². The fraction of sp³-hybridized carbons (Fsp3) is 0.214. The summed E-state index contributed by atoms with van der Waals surface area (Å²) in [7, 11) is 1.75. The summed E-state index contributed by atoms with van der Waals surface area (Å²) in [6, 6.07) is 8.50. The molecule has 21 heavy (non-hydrogen) atoms. The van der Waals surface area contributed by atoms with Gasteiger partial charge in [-0.3, -0.25) is 4.79 Å². The Bertz CT molecular complexity index is 671. The van der Waals surface area contributed by atoms with Crippen LogP contribution in [0.2, 0.25) is 0 Å². The van der Waals surface area contributed by atoms with Gasteiger partial charge in [0, 0.05) is 25.5 Å². The minimum absolute atomic E-state index is 0.226. The number of anilines is 1. The van der Waals surface area contributed by atoms with Crippen molar-refractivity contribution in [3.63, 3.8) is 0 Å². The Balaban J connectivity index is 2.19. The number of nitrogens with one attached hydrogen (secondary N) is 3. The standard InChI is InChI=1S/C14H17N5O2/c1-16-12-8-10(9-4-2-3-5-11(9)19-12)13(20)17-6-7-18-14(15)21/h2-5,8H,6-7H2,1H3,(H,16,19)(H,17,20)(H3,15,18,21). The first-order valence-electron chi connectivity index (χ1n) is 6.51. The summed E-state index contributed by atoms with van der Waals surface area (Å²) in [4.78, 5) is 27.2. The van der Waals surface area contributed by atoms with Crippen molar-refractivity contribution in [2.75, 3.05) is 25.5 Å². The number of nitrogens with two attached hydrogens (primary N) is 1. The highest BCUT2D eigenvalue weighted by molar-refractivity contribution is 6.06. The van der Waals surface area contributed by atoms with Gasteiger partial charge < -0.3 is 21.7 Å². The molecule has 0 radical (unpaired) electrons. The van der Waals surface area contributed by atoms with Crippen molar-refractivity contribution in [1.29, 1.82) is 0 Å². The molecular weight excluding hydrogens is 270 g/mol. The van der Waals surface area contributed by atoms with Crippen molar-refractivity contribution in [3.8, 4) is 0 Å². The molecule has 2 aromatic rings. The lowest BCUT2D eigenvalue weighted by atomic mass is 10.1. The summed E-state index contributed by atoms with van der Waals surface area (Å²) in [5.41, 5.74) is 6.23. The molecule has 0 saturated carbocycles. The molecule has 0 saturated heterocycles. The second kappa shape index (κ2) is 6.56. The first-order valence-corrected chi connectivity index (χ1v) is 6.51. The van der Waals surface area contributed by atoms with Crippen molar-refractivity contribution in [2.45, 2.75) is 0 Å². The number of primary amides is 1. The molecule has 5 N–H and O–H groups in total. The van der Waals surface area contributed by atoms with Gasteiger partial charge in [0.1, 0.15) is 5.82 Å². The number of amides is 3. The summed E-state index contributed by atoms with van der Waals surface area (Å²) in [5.74, 6) is 0.394. The number of aromatic nitrogens is 1. The van der Waals surface area contributed by atoms with Gasteiger partial charge in [-0.2, -0.15) is 0 Å². The maximum absolute atomic E-state index is 12.3. The zero-order valence-corrected chi connectivity index (χ0v) is 11.6. The molecule has 0 bridgehead atoms. The van der Waals surface area contributed by atoms with E-state index in [2.05, 4.69) is 20.9 Å². The average Bonchev–Trinajstić information content (AvgIpc) is 2.50. The molecule has 0 unspecified atom stereocenters. The van der Waals surface area contributed by atoms with E-state index in [0.717, 1.165) is 10.9 Å². The van der Waals surface area contributed by atoms with Gasteiger partial charge in [-0.05, 0) is 12.1 Å². The van der Waals surface area contributed by atoms with Crippen molar-refractivity contribution < 1.29 is 9.59 Å². The number of fused-ring (bicyclic) bond motifs is 1. The zero-order valence-electron chi connectivity index (χ0n) is 11.6. The third kappa shape index (κ3) is 3.59. The van der Waals surface area contributed by atoms with Crippen LogP contribution in [0.3, 0.4) is 0 Å². The van der Waals surface area contributed by atoms with E-state index in [-0.39, 0.29) is 12.5 Å². The van der Waals surface area contributed by atoms with Crippen LogP contribution in [-0.2, 0) is 0 Å². The molecule has 0 atom stereocenters. The number of urea groups is 1. The van der Waals surface area contributed by atoms with Gasteiger partial charge in [0.05, 0.1) is 11.1 Å². The normalized spacial score (nSPS) is 10.1. The molecule has 2 rings (SSSR count). The largest absolute Gasteiger partial charge is 0.373 e. The number of nitrogens with zero attached hydrogens (tertiary/aromatic N) is 1. The Morgan fingerprint density at radius 3 is 2.62 bits per heavy atom. The third-order valence-electron chi connectivity index (χ3n) is 2.93. The van der Waals surface area contributed by atoms with Gasteiger partial charge in [0.15, 0.2) is 0 Å². The van der Waals surface area contributed by atoms with Crippen LogP contribution < -0.4 is 21.7 Å². The molecular formula is C14H17N5O2. The number of hydrogen-bond acceptors (Lipinski definition) is 4. The van der Waals surface area contributed by atoms with Gasteiger partial charge in [-0.15, -0.1) is 0 Å². The van der Waals surface area contributed by atoms with Crippen molar-refractivity contribution in [3.05, 3.63) is 35.9 Å². The number of pyridine rings is 1. The molecule has 0 fully saturated rings. The summed E-state index contributed by atoms with van der Waals surface area (Å²) in [6.45, 7) is 0.580. The first kappa shape index (κ1) is 14.6. The van der Waals surface area contributed by atoms with Crippen molar-refractivity contribution in [2.24, 2.45) is 5.73 Å². The van der Waals surface area contributed by atoms with E-state index in [1.165, 1.54) is 0 Å². The number of carbonyl (C=O) groups excluding carboxylic acids is 2. The van der Waals surface area contributed by atoms with E-state index in [4.69, 9.17) is 5.73 Å². The molecule has 1 aromatic carbocycles. The van der Waals surface area contributed by atoms with E-state index in [9.17, 15) is 9.59 Å². The highest BCUT2D eigenvalue weighted by Gasteiger charge is 2.12. The molecule has 7 nitrogen and oxygen atoms in total. The van der Waals surface area contributed by atoms with Crippen LogP contribution in [-0.4, -0.2) is 37.1 Å². The number of hydrogen-bond donors (Lipinski definition) is 4. The monoisotopic (exact) mass is 287 g/mol. The molecule has 0 spiro atoms.